The fourth-order valence-electron chi connectivity index (χ4n) is 2.90. The molecule has 0 bridgehead atoms. The monoisotopic (exact) mass is 444 g/mol. The van der Waals surface area contributed by atoms with Gasteiger partial charge < -0.3 is 13.6 Å². The normalized spacial score (nSPS) is 11.8. The molecule has 9 heteroatoms. The summed E-state index contributed by atoms with van der Waals surface area (Å²) in [6.45, 7) is 2.50. The molecule has 0 aliphatic carbocycles. The first-order valence-corrected chi connectivity index (χ1v) is 11.6. The molecule has 1 aromatic carbocycles. The number of nitrogens with zero attached hydrogens (tertiary/aromatic N) is 2. The lowest BCUT2D eigenvalue weighted by Gasteiger charge is -2.20. The van der Waals surface area contributed by atoms with Gasteiger partial charge in [-0.15, -0.1) is 11.3 Å². The van der Waals surface area contributed by atoms with E-state index in [1.807, 2.05) is 24.4 Å². The van der Waals surface area contributed by atoms with Crippen LogP contribution in [0.25, 0.3) is 10.8 Å². The number of thiophene rings is 1. The van der Waals surface area contributed by atoms with Gasteiger partial charge in [-0.05, 0) is 54.8 Å². The Kier molecular flexibility index (Phi) is 6.03. The first-order valence-electron chi connectivity index (χ1n) is 9.30. The second kappa shape index (κ2) is 8.86. The highest BCUT2D eigenvalue weighted by Crippen LogP contribution is 2.26. The highest BCUT2D eigenvalue weighted by molar-refractivity contribution is 7.89. The van der Waals surface area contributed by atoms with Crippen LogP contribution in [-0.4, -0.2) is 24.3 Å². The van der Waals surface area contributed by atoms with Crippen molar-refractivity contribution in [3.8, 4) is 16.5 Å². The van der Waals surface area contributed by atoms with E-state index in [0.29, 0.717) is 29.7 Å². The summed E-state index contributed by atoms with van der Waals surface area (Å²) in [6.07, 6.45) is 3.00. The molecule has 0 aliphatic heterocycles. The SMILES string of the molecule is CCOc1ccc(S(=O)(=O)N(Cc2coc(-c3cccs3)n2)Cc2ccco2)cc1. The van der Waals surface area contributed by atoms with E-state index in [1.54, 1.807) is 24.3 Å². The van der Waals surface area contributed by atoms with Crippen LogP contribution in [0.4, 0.5) is 0 Å². The van der Waals surface area contributed by atoms with Gasteiger partial charge in [-0.3, -0.25) is 0 Å². The maximum absolute atomic E-state index is 13.4. The van der Waals surface area contributed by atoms with Crippen molar-refractivity contribution >= 4 is 21.4 Å². The number of furan rings is 1. The van der Waals surface area contributed by atoms with E-state index in [9.17, 15) is 8.42 Å². The zero-order valence-electron chi connectivity index (χ0n) is 16.2. The van der Waals surface area contributed by atoms with Gasteiger partial charge in [0, 0.05) is 0 Å². The lowest BCUT2D eigenvalue weighted by Crippen LogP contribution is -2.30. The Morgan fingerprint density at radius 1 is 1.07 bits per heavy atom. The number of ether oxygens (including phenoxy) is 1. The van der Waals surface area contributed by atoms with Gasteiger partial charge in [0.25, 0.3) is 0 Å². The van der Waals surface area contributed by atoms with Crippen LogP contribution in [0.2, 0.25) is 0 Å². The van der Waals surface area contributed by atoms with Crippen LogP contribution in [0.1, 0.15) is 18.4 Å². The minimum absolute atomic E-state index is 0.0467. The number of oxazole rings is 1. The smallest absolute Gasteiger partial charge is 0.243 e. The Morgan fingerprint density at radius 2 is 1.90 bits per heavy atom. The molecule has 0 amide bonds. The molecule has 0 unspecified atom stereocenters. The quantitative estimate of drug-likeness (QED) is 0.369. The summed E-state index contributed by atoms with van der Waals surface area (Å²) in [5.74, 6) is 1.62. The molecule has 0 fully saturated rings. The van der Waals surface area contributed by atoms with Gasteiger partial charge in [0.2, 0.25) is 15.9 Å². The van der Waals surface area contributed by atoms with Crippen LogP contribution in [-0.2, 0) is 23.1 Å². The summed E-state index contributed by atoms with van der Waals surface area (Å²) in [5.41, 5.74) is 0.513. The highest BCUT2D eigenvalue weighted by Gasteiger charge is 2.27. The minimum atomic E-state index is -3.81. The Hall–Kier alpha value is -2.88. The van der Waals surface area contributed by atoms with E-state index in [0.717, 1.165) is 4.88 Å². The third-order valence-electron chi connectivity index (χ3n) is 4.31. The summed E-state index contributed by atoms with van der Waals surface area (Å²) in [6, 6.07) is 13.6. The van der Waals surface area contributed by atoms with Gasteiger partial charge >= 0.3 is 0 Å². The summed E-state index contributed by atoms with van der Waals surface area (Å²) in [5, 5.41) is 1.93. The first kappa shape index (κ1) is 20.4. The highest BCUT2D eigenvalue weighted by atomic mass is 32.2. The Bertz CT molecular complexity index is 1160. The van der Waals surface area contributed by atoms with Crippen LogP contribution in [0.15, 0.2) is 80.2 Å². The summed E-state index contributed by atoms with van der Waals surface area (Å²) >= 11 is 1.50. The molecule has 7 nitrogen and oxygen atoms in total. The molecule has 0 aliphatic rings. The molecule has 4 rings (SSSR count). The van der Waals surface area contributed by atoms with Crippen molar-refractivity contribution in [2.45, 2.75) is 24.9 Å². The van der Waals surface area contributed by atoms with Gasteiger partial charge in [-0.2, -0.15) is 4.31 Å². The zero-order chi connectivity index (χ0) is 21.0. The van der Waals surface area contributed by atoms with E-state index in [2.05, 4.69) is 4.98 Å². The number of sulfonamides is 1. The van der Waals surface area contributed by atoms with Gasteiger partial charge in [-0.25, -0.2) is 13.4 Å². The van der Waals surface area contributed by atoms with E-state index >= 15 is 0 Å². The fourth-order valence-corrected chi connectivity index (χ4v) is 4.93. The zero-order valence-corrected chi connectivity index (χ0v) is 17.9. The third kappa shape index (κ3) is 4.48. The van der Waals surface area contributed by atoms with Gasteiger partial charge in [0.15, 0.2) is 0 Å². The van der Waals surface area contributed by atoms with E-state index in [-0.39, 0.29) is 18.0 Å². The molecule has 3 aromatic heterocycles. The molecule has 0 N–H and O–H groups in total. The number of hydrogen-bond acceptors (Lipinski definition) is 7. The molecular formula is C21H20N2O5S2. The summed E-state index contributed by atoms with van der Waals surface area (Å²) in [4.78, 5) is 5.50. The van der Waals surface area contributed by atoms with E-state index < -0.39 is 10.0 Å². The molecule has 3 heterocycles. The molecule has 156 valence electrons. The van der Waals surface area contributed by atoms with Crippen LogP contribution < -0.4 is 4.74 Å². The number of aromatic nitrogens is 1. The predicted octanol–water partition coefficient (Wildman–Crippen LogP) is 4.79. The molecule has 0 saturated heterocycles. The molecule has 4 aromatic rings. The van der Waals surface area contributed by atoms with E-state index in [1.165, 1.54) is 40.3 Å². The van der Waals surface area contributed by atoms with Crippen LogP contribution >= 0.6 is 11.3 Å². The molecule has 0 radical (unpaired) electrons. The number of benzene rings is 1. The fraction of sp³-hybridized carbons (Fsp3) is 0.190. The van der Waals surface area contributed by atoms with Gasteiger partial charge in [0.1, 0.15) is 17.8 Å². The van der Waals surface area contributed by atoms with Crippen LogP contribution in [0.3, 0.4) is 0 Å². The predicted molar refractivity (Wildman–Crippen MR) is 113 cm³/mol. The second-order valence-electron chi connectivity index (χ2n) is 6.38. The number of hydrogen-bond donors (Lipinski definition) is 0. The van der Waals surface area contributed by atoms with E-state index in [4.69, 9.17) is 13.6 Å². The third-order valence-corrected chi connectivity index (χ3v) is 6.97. The van der Waals surface area contributed by atoms with Crippen molar-refractivity contribution in [1.82, 2.24) is 9.29 Å². The van der Waals surface area contributed by atoms with Crippen molar-refractivity contribution in [2.75, 3.05) is 6.61 Å². The Labute approximate surface area is 178 Å². The summed E-state index contributed by atoms with van der Waals surface area (Å²) < 4.78 is 44.4. The Morgan fingerprint density at radius 3 is 2.57 bits per heavy atom. The maximum Gasteiger partial charge on any atom is 0.243 e. The van der Waals surface area contributed by atoms with Crippen LogP contribution in [0.5, 0.6) is 5.75 Å². The Balaban J connectivity index is 1.62. The second-order valence-corrected chi connectivity index (χ2v) is 9.26. The largest absolute Gasteiger partial charge is 0.494 e. The van der Waals surface area contributed by atoms with Gasteiger partial charge in [-0.1, -0.05) is 6.07 Å². The van der Waals surface area contributed by atoms with Crippen molar-refractivity contribution in [1.29, 1.82) is 0 Å². The van der Waals surface area contributed by atoms with Gasteiger partial charge in [0.05, 0.1) is 41.4 Å². The average molecular weight is 445 g/mol. The summed E-state index contributed by atoms with van der Waals surface area (Å²) in [7, 11) is -3.81. The van der Waals surface area contributed by atoms with Crippen molar-refractivity contribution < 1.29 is 22.0 Å². The lowest BCUT2D eigenvalue weighted by molar-refractivity contribution is 0.339. The van der Waals surface area contributed by atoms with Crippen molar-refractivity contribution in [3.63, 3.8) is 0 Å². The molecule has 0 saturated carbocycles. The maximum atomic E-state index is 13.4. The van der Waals surface area contributed by atoms with Crippen LogP contribution in [0, 0.1) is 0 Å². The average Bonchev–Trinajstić information content (AvgIpc) is 3.51. The molecule has 0 spiro atoms. The first-order chi connectivity index (χ1) is 14.6. The molecular weight excluding hydrogens is 424 g/mol. The molecule has 30 heavy (non-hydrogen) atoms. The van der Waals surface area contributed by atoms with Crippen molar-refractivity contribution in [3.05, 3.63) is 77.9 Å². The standard InChI is InChI=1S/C21H20N2O5S2/c1-2-26-17-7-9-19(10-8-17)30(24,25)23(14-18-5-3-11-27-18)13-16-15-28-21(22-16)20-6-4-12-29-20/h3-12,15H,2,13-14H2,1H3. The minimum Gasteiger partial charge on any atom is -0.494 e. The molecule has 0 atom stereocenters. The van der Waals surface area contributed by atoms with Crippen molar-refractivity contribution in [2.24, 2.45) is 0 Å². The topological polar surface area (TPSA) is 85.8 Å². The lowest BCUT2D eigenvalue weighted by atomic mass is 10.3. The number of rotatable bonds is 9.